The Labute approximate surface area is 131 Å². The number of primary amides is 1. The molecular formula is C14H12Cl2N2O3. The van der Waals surface area contributed by atoms with Gasteiger partial charge in [-0.15, -0.1) is 0 Å². The number of halogens is 2. The number of amides is 1. The Morgan fingerprint density at radius 3 is 2.57 bits per heavy atom. The Morgan fingerprint density at radius 2 is 1.90 bits per heavy atom. The van der Waals surface area contributed by atoms with Crippen LogP contribution in [0.15, 0.2) is 36.5 Å². The number of rotatable bonds is 5. The summed E-state index contributed by atoms with van der Waals surface area (Å²) < 4.78 is 11.0. The van der Waals surface area contributed by atoms with E-state index < -0.39 is 12.0 Å². The van der Waals surface area contributed by atoms with E-state index in [9.17, 15) is 4.79 Å². The van der Waals surface area contributed by atoms with Crippen LogP contribution in [0.2, 0.25) is 10.0 Å². The summed E-state index contributed by atoms with van der Waals surface area (Å²) in [5.74, 6) is 0.263. The van der Waals surface area contributed by atoms with Crippen molar-refractivity contribution in [2.45, 2.75) is 13.0 Å². The fraction of sp³-hybridized carbons (Fsp3) is 0.143. The first-order chi connectivity index (χ1) is 9.99. The zero-order chi connectivity index (χ0) is 15.4. The van der Waals surface area contributed by atoms with Crippen LogP contribution in [0.5, 0.6) is 17.4 Å². The molecule has 2 N–H and O–H groups in total. The highest BCUT2D eigenvalue weighted by molar-refractivity contribution is 6.42. The molecule has 7 heteroatoms. The van der Waals surface area contributed by atoms with E-state index in [1.165, 1.54) is 6.20 Å². The minimum absolute atomic E-state index is 0.145. The molecule has 0 spiro atoms. The van der Waals surface area contributed by atoms with Crippen LogP contribution in [-0.2, 0) is 4.79 Å². The van der Waals surface area contributed by atoms with Crippen LogP contribution in [0, 0.1) is 0 Å². The average molecular weight is 327 g/mol. The molecule has 0 fully saturated rings. The molecule has 0 aliphatic heterocycles. The van der Waals surface area contributed by atoms with Crippen molar-refractivity contribution in [3.05, 3.63) is 46.6 Å². The van der Waals surface area contributed by atoms with E-state index in [0.717, 1.165) is 0 Å². The van der Waals surface area contributed by atoms with Crippen molar-refractivity contribution in [2.75, 3.05) is 0 Å². The maximum Gasteiger partial charge on any atom is 0.258 e. The van der Waals surface area contributed by atoms with Gasteiger partial charge in [0.15, 0.2) is 17.6 Å². The lowest BCUT2D eigenvalue weighted by atomic mass is 10.3. The Balaban J connectivity index is 2.28. The van der Waals surface area contributed by atoms with Crippen molar-refractivity contribution >= 4 is 29.1 Å². The van der Waals surface area contributed by atoms with Crippen LogP contribution in [0.25, 0.3) is 0 Å². The maximum atomic E-state index is 11.1. The number of carbonyl (C=O) groups excluding carboxylic acids is 1. The molecule has 0 saturated heterocycles. The lowest BCUT2D eigenvalue weighted by molar-refractivity contribution is -0.124. The minimum Gasteiger partial charge on any atom is -0.477 e. The molecule has 0 bridgehead atoms. The second-order valence-electron chi connectivity index (χ2n) is 4.12. The Kier molecular flexibility index (Phi) is 4.88. The highest BCUT2D eigenvalue weighted by atomic mass is 35.5. The third kappa shape index (κ3) is 3.77. The second-order valence-corrected chi connectivity index (χ2v) is 4.91. The largest absolute Gasteiger partial charge is 0.477 e. The fourth-order valence-corrected chi connectivity index (χ4v) is 1.75. The van der Waals surface area contributed by atoms with Gasteiger partial charge in [0.05, 0.1) is 5.02 Å². The number of carbonyl (C=O) groups is 1. The molecule has 5 nitrogen and oxygen atoms in total. The average Bonchev–Trinajstić information content (AvgIpc) is 2.45. The number of hydrogen-bond acceptors (Lipinski definition) is 4. The predicted molar refractivity (Wildman–Crippen MR) is 80.1 cm³/mol. The van der Waals surface area contributed by atoms with Gasteiger partial charge >= 0.3 is 0 Å². The van der Waals surface area contributed by atoms with Gasteiger partial charge < -0.3 is 15.2 Å². The highest BCUT2D eigenvalue weighted by Gasteiger charge is 2.15. The summed E-state index contributed by atoms with van der Waals surface area (Å²) in [6.07, 6.45) is 0.677. The second kappa shape index (κ2) is 6.65. The maximum absolute atomic E-state index is 11.1. The van der Waals surface area contributed by atoms with Crippen LogP contribution in [0.4, 0.5) is 0 Å². The summed E-state index contributed by atoms with van der Waals surface area (Å²) in [6.45, 7) is 1.55. The number of nitrogens with zero attached hydrogens (tertiary/aromatic N) is 1. The number of benzene rings is 1. The molecule has 0 aliphatic carbocycles. The molecule has 0 aliphatic rings. The van der Waals surface area contributed by atoms with E-state index in [2.05, 4.69) is 4.98 Å². The zero-order valence-electron chi connectivity index (χ0n) is 11.0. The van der Waals surface area contributed by atoms with Crippen LogP contribution in [0.3, 0.4) is 0 Å². The van der Waals surface area contributed by atoms with E-state index in [0.29, 0.717) is 16.5 Å². The molecule has 1 aromatic heterocycles. The van der Waals surface area contributed by atoms with Gasteiger partial charge in [-0.25, -0.2) is 4.98 Å². The summed E-state index contributed by atoms with van der Waals surface area (Å²) in [5, 5.41) is 0.516. The molecular weight excluding hydrogens is 315 g/mol. The third-order valence-electron chi connectivity index (χ3n) is 2.57. The molecule has 2 rings (SSSR count). The Bertz CT molecular complexity index is 664. The number of ether oxygens (including phenoxy) is 2. The lowest BCUT2D eigenvalue weighted by Gasteiger charge is -2.15. The molecule has 1 heterocycles. The van der Waals surface area contributed by atoms with E-state index in [4.69, 9.17) is 38.4 Å². The van der Waals surface area contributed by atoms with E-state index >= 15 is 0 Å². The van der Waals surface area contributed by atoms with Crippen molar-refractivity contribution in [3.8, 4) is 17.4 Å². The monoisotopic (exact) mass is 326 g/mol. The smallest absolute Gasteiger partial charge is 0.258 e. The van der Waals surface area contributed by atoms with Gasteiger partial charge in [0.25, 0.3) is 5.91 Å². The first-order valence-electron chi connectivity index (χ1n) is 6.02. The molecule has 21 heavy (non-hydrogen) atoms. The Morgan fingerprint density at radius 1 is 1.24 bits per heavy atom. The van der Waals surface area contributed by atoms with Gasteiger partial charge in [0.1, 0.15) is 5.02 Å². The van der Waals surface area contributed by atoms with E-state index in [1.54, 1.807) is 37.3 Å². The summed E-state index contributed by atoms with van der Waals surface area (Å²) in [6, 6.07) is 8.34. The number of hydrogen-bond donors (Lipinski definition) is 1. The Hall–Kier alpha value is -1.98. The van der Waals surface area contributed by atoms with Crippen molar-refractivity contribution in [1.82, 2.24) is 4.98 Å². The van der Waals surface area contributed by atoms with Crippen LogP contribution >= 0.6 is 23.2 Å². The van der Waals surface area contributed by atoms with Crippen LogP contribution < -0.4 is 15.2 Å². The SMILES string of the molecule is CC(Oc1ccccc1Oc1nccc(Cl)c1Cl)C(N)=O. The summed E-state index contributed by atoms with van der Waals surface area (Å²) in [4.78, 5) is 15.1. The number of nitrogens with two attached hydrogens (primary N) is 1. The zero-order valence-corrected chi connectivity index (χ0v) is 12.6. The van der Waals surface area contributed by atoms with Gasteiger partial charge in [-0.05, 0) is 25.1 Å². The normalized spacial score (nSPS) is 11.8. The number of pyridine rings is 1. The molecule has 0 saturated carbocycles. The van der Waals surface area contributed by atoms with Gasteiger partial charge in [-0.1, -0.05) is 35.3 Å². The molecule has 2 aromatic rings. The molecule has 1 atom stereocenters. The van der Waals surface area contributed by atoms with Crippen molar-refractivity contribution in [2.24, 2.45) is 5.73 Å². The molecule has 110 valence electrons. The van der Waals surface area contributed by atoms with Gasteiger partial charge in [0.2, 0.25) is 5.88 Å². The van der Waals surface area contributed by atoms with Crippen molar-refractivity contribution < 1.29 is 14.3 Å². The summed E-state index contributed by atoms with van der Waals surface area (Å²) >= 11 is 11.9. The summed E-state index contributed by atoms with van der Waals surface area (Å²) in [5.41, 5.74) is 5.17. The standard InChI is InChI=1S/C14H12Cl2N2O3/c1-8(13(17)19)20-10-4-2-3-5-11(10)21-14-12(16)9(15)6-7-18-14/h2-8H,1H3,(H2,17,19). The van der Waals surface area contributed by atoms with E-state index in [1.807, 2.05) is 0 Å². The van der Waals surface area contributed by atoms with E-state index in [-0.39, 0.29) is 10.9 Å². The molecule has 1 unspecified atom stereocenters. The highest BCUT2D eigenvalue weighted by Crippen LogP contribution is 2.36. The topological polar surface area (TPSA) is 74.4 Å². The first kappa shape index (κ1) is 15.4. The molecule has 0 radical (unpaired) electrons. The predicted octanol–water partition coefficient (Wildman–Crippen LogP) is 3.43. The third-order valence-corrected chi connectivity index (χ3v) is 3.35. The van der Waals surface area contributed by atoms with Gasteiger partial charge in [-0.3, -0.25) is 4.79 Å². The van der Waals surface area contributed by atoms with Crippen LogP contribution in [-0.4, -0.2) is 17.0 Å². The quantitative estimate of drug-likeness (QED) is 0.913. The summed E-state index contributed by atoms with van der Waals surface area (Å²) in [7, 11) is 0. The fourth-order valence-electron chi connectivity index (χ4n) is 1.46. The van der Waals surface area contributed by atoms with Gasteiger partial charge in [0, 0.05) is 6.20 Å². The van der Waals surface area contributed by atoms with Gasteiger partial charge in [-0.2, -0.15) is 0 Å². The number of aromatic nitrogens is 1. The van der Waals surface area contributed by atoms with Crippen LogP contribution in [0.1, 0.15) is 6.92 Å². The van der Waals surface area contributed by atoms with Crippen molar-refractivity contribution in [1.29, 1.82) is 0 Å². The lowest BCUT2D eigenvalue weighted by Crippen LogP contribution is -2.30. The minimum atomic E-state index is -0.794. The molecule has 1 amide bonds. The number of para-hydroxylation sites is 2. The van der Waals surface area contributed by atoms with Crippen molar-refractivity contribution in [3.63, 3.8) is 0 Å². The molecule has 1 aromatic carbocycles. The first-order valence-corrected chi connectivity index (χ1v) is 6.77.